The monoisotopic (exact) mass is 265 g/mol. The number of carbonyl (C=O) groups is 1. The number of hydrogen-bond acceptors (Lipinski definition) is 5. The van der Waals surface area contributed by atoms with Crippen LogP contribution in [0.15, 0.2) is 24.3 Å². The lowest BCUT2D eigenvalue weighted by Gasteiger charge is -2.21. The van der Waals surface area contributed by atoms with Gasteiger partial charge in [-0.2, -0.15) is 0 Å². The van der Waals surface area contributed by atoms with Gasteiger partial charge in [0.2, 0.25) is 0 Å². The first-order valence-electron chi connectivity index (χ1n) is 6.31. The molecule has 1 aliphatic rings. The zero-order valence-electron chi connectivity index (χ0n) is 11.1. The fraction of sp³-hybridized carbons (Fsp3) is 0.500. The van der Waals surface area contributed by atoms with Crippen molar-refractivity contribution < 1.29 is 19.4 Å². The summed E-state index contributed by atoms with van der Waals surface area (Å²) in [6, 6.07) is 7.65. The summed E-state index contributed by atoms with van der Waals surface area (Å²) in [5, 5.41) is 13.0. The summed E-state index contributed by atoms with van der Waals surface area (Å²) in [6.07, 6.45) is -0.439. The van der Waals surface area contributed by atoms with E-state index in [0.717, 1.165) is 11.3 Å². The van der Waals surface area contributed by atoms with E-state index in [-0.39, 0.29) is 12.0 Å². The molecule has 1 heterocycles. The molecule has 0 unspecified atom stereocenters. The van der Waals surface area contributed by atoms with E-state index < -0.39 is 12.2 Å². The van der Waals surface area contributed by atoms with Crippen molar-refractivity contribution in [3.05, 3.63) is 29.8 Å². The molecule has 0 radical (unpaired) electrons. The summed E-state index contributed by atoms with van der Waals surface area (Å²) in [7, 11) is 1.63. The molecule has 1 aromatic carbocycles. The molecule has 1 fully saturated rings. The van der Waals surface area contributed by atoms with Crippen molar-refractivity contribution in [3.8, 4) is 5.75 Å². The zero-order valence-corrected chi connectivity index (χ0v) is 11.1. The first kappa shape index (κ1) is 13.8. The van der Waals surface area contributed by atoms with Gasteiger partial charge in [-0.1, -0.05) is 12.1 Å². The van der Waals surface area contributed by atoms with E-state index in [1.807, 2.05) is 24.3 Å². The Labute approximate surface area is 112 Å². The molecule has 5 heteroatoms. The number of ether oxygens (including phenoxy) is 2. The second-order valence-corrected chi connectivity index (χ2v) is 4.71. The lowest BCUT2D eigenvalue weighted by Crippen LogP contribution is -2.38. The topological polar surface area (TPSA) is 67.8 Å². The first-order chi connectivity index (χ1) is 9.10. The highest BCUT2D eigenvalue weighted by molar-refractivity contribution is 5.66. The molecule has 0 spiro atoms. The Bertz CT molecular complexity index is 432. The van der Waals surface area contributed by atoms with Crippen LogP contribution in [0.3, 0.4) is 0 Å². The van der Waals surface area contributed by atoms with Crippen LogP contribution in [0.5, 0.6) is 5.75 Å². The quantitative estimate of drug-likeness (QED) is 0.776. The summed E-state index contributed by atoms with van der Waals surface area (Å²) < 4.78 is 10.3. The molecule has 5 nitrogen and oxygen atoms in total. The molecule has 104 valence electrons. The first-order valence-corrected chi connectivity index (χ1v) is 6.31. The van der Waals surface area contributed by atoms with Gasteiger partial charge in [0.1, 0.15) is 18.0 Å². The highest BCUT2D eigenvalue weighted by atomic mass is 16.6. The highest BCUT2D eigenvalue weighted by Gasteiger charge is 2.37. The number of carbonyl (C=O) groups excluding carboxylic acids is 1. The van der Waals surface area contributed by atoms with Crippen LogP contribution in [0.2, 0.25) is 0 Å². The number of aliphatic hydroxyl groups is 1. The van der Waals surface area contributed by atoms with Crippen LogP contribution in [-0.2, 0) is 16.0 Å². The Morgan fingerprint density at radius 3 is 2.68 bits per heavy atom. The molecule has 19 heavy (non-hydrogen) atoms. The fourth-order valence-electron chi connectivity index (χ4n) is 2.33. The largest absolute Gasteiger partial charge is 0.497 e. The molecule has 3 atom stereocenters. The van der Waals surface area contributed by atoms with Crippen LogP contribution in [0.25, 0.3) is 0 Å². The molecule has 0 amide bonds. The molecular formula is C14H19NO4. The SMILES string of the molecule is COc1ccc(C[C@@H]2NC[C@@H](O)[C@H]2OC(C)=O)cc1. The van der Waals surface area contributed by atoms with E-state index in [2.05, 4.69) is 5.32 Å². The Hall–Kier alpha value is -1.59. The minimum absolute atomic E-state index is 0.0627. The normalized spacial score (nSPS) is 26.2. The second-order valence-electron chi connectivity index (χ2n) is 4.71. The van der Waals surface area contributed by atoms with E-state index in [0.29, 0.717) is 13.0 Å². The van der Waals surface area contributed by atoms with Crippen molar-refractivity contribution in [2.24, 2.45) is 0 Å². The number of benzene rings is 1. The second kappa shape index (κ2) is 6.04. The summed E-state index contributed by atoms with van der Waals surface area (Å²) in [6.45, 7) is 1.80. The third kappa shape index (κ3) is 3.45. The van der Waals surface area contributed by atoms with Crippen molar-refractivity contribution in [2.45, 2.75) is 31.6 Å². The number of hydrogen-bond donors (Lipinski definition) is 2. The average molecular weight is 265 g/mol. The third-order valence-electron chi connectivity index (χ3n) is 3.28. The van der Waals surface area contributed by atoms with Crippen LogP contribution in [0, 0.1) is 0 Å². The maximum atomic E-state index is 11.0. The van der Waals surface area contributed by atoms with Gasteiger partial charge in [0.05, 0.1) is 13.2 Å². The summed E-state index contributed by atoms with van der Waals surface area (Å²) in [4.78, 5) is 11.0. The van der Waals surface area contributed by atoms with E-state index in [9.17, 15) is 9.90 Å². The van der Waals surface area contributed by atoms with Gasteiger partial charge in [0.25, 0.3) is 0 Å². The van der Waals surface area contributed by atoms with E-state index in [1.165, 1.54) is 6.92 Å². The minimum atomic E-state index is -0.646. The maximum Gasteiger partial charge on any atom is 0.303 e. The summed E-state index contributed by atoms with van der Waals surface area (Å²) >= 11 is 0. The van der Waals surface area contributed by atoms with Crippen LogP contribution in [-0.4, -0.2) is 43.0 Å². The van der Waals surface area contributed by atoms with Gasteiger partial charge in [0, 0.05) is 13.5 Å². The van der Waals surface area contributed by atoms with Crippen molar-refractivity contribution >= 4 is 5.97 Å². The van der Waals surface area contributed by atoms with Crippen LogP contribution >= 0.6 is 0 Å². The van der Waals surface area contributed by atoms with Crippen molar-refractivity contribution in [1.82, 2.24) is 5.32 Å². The van der Waals surface area contributed by atoms with Gasteiger partial charge in [-0.25, -0.2) is 0 Å². The smallest absolute Gasteiger partial charge is 0.303 e. The van der Waals surface area contributed by atoms with Crippen molar-refractivity contribution in [2.75, 3.05) is 13.7 Å². The predicted molar refractivity (Wildman–Crippen MR) is 70.0 cm³/mol. The third-order valence-corrected chi connectivity index (χ3v) is 3.28. The van der Waals surface area contributed by atoms with Gasteiger partial charge in [0.15, 0.2) is 0 Å². The Morgan fingerprint density at radius 2 is 2.11 bits per heavy atom. The molecule has 0 aromatic heterocycles. The number of β-amino-alcohol motifs (C(OH)–C–C–N with tert-alkyl or cyclic N) is 1. The van der Waals surface area contributed by atoms with Gasteiger partial charge in [-0.05, 0) is 24.1 Å². The van der Waals surface area contributed by atoms with Crippen molar-refractivity contribution in [1.29, 1.82) is 0 Å². The number of methoxy groups -OCH3 is 1. The standard InChI is InChI=1S/C14H19NO4/c1-9(16)19-14-12(15-8-13(14)17)7-10-3-5-11(18-2)6-4-10/h3-6,12-15,17H,7-8H2,1-2H3/t12-,13+,14-/m0/s1. The molecule has 2 N–H and O–H groups in total. The number of rotatable bonds is 4. The predicted octanol–water partition coefficient (Wildman–Crippen LogP) is 0.502. The lowest BCUT2D eigenvalue weighted by atomic mass is 10.0. The van der Waals surface area contributed by atoms with E-state index in [4.69, 9.17) is 9.47 Å². The molecule has 0 aliphatic carbocycles. The zero-order chi connectivity index (χ0) is 13.8. The van der Waals surface area contributed by atoms with Crippen LogP contribution < -0.4 is 10.1 Å². The fourth-order valence-corrected chi connectivity index (χ4v) is 2.33. The maximum absolute atomic E-state index is 11.0. The molecule has 1 aromatic rings. The molecule has 2 rings (SSSR count). The van der Waals surface area contributed by atoms with Gasteiger partial charge in [-0.15, -0.1) is 0 Å². The summed E-state index contributed by atoms with van der Waals surface area (Å²) in [5.41, 5.74) is 1.10. The van der Waals surface area contributed by atoms with Crippen molar-refractivity contribution in [3.63, 3.8) is 0 Å². The minimum Gasteiger partial charge on any atom is -0.497 e. The number of aliphatic hydroxyl groups excluding tert-OH is 1. The molecule has 0 bridgehead atoms. The summed E-state index contributed by atoms with van der Waals surface area (Å²) in [5.74, 6) is 0.437. The highest BCUT2D eigenvalue weighted by Crippen LogP contribution is 2.19. The Balaban J connectivity index is 2.02. The lowest BCUT2D eigenvalue weighted by molar-refractivity contribution is -0.151. The molecule has 0 saturated carbocycles. The number of nitrogens with one attached hydrogen (secondary N) is 1. The van der Waals surface area contributed by atoms with Gasteiger partial charge in [-0.3, -0.25) is 4.79 Å². The Kier molecular flexibility index (Phi) is 4.39. The van der Waals surface area contributed by atoms with Gasteiger partial charge >= 0.3 is 5.97 Å². The van der Waals surface area contributed by atoms with E-state index in [1.54, 1.807) is 7.11 Å². The molecular weight excluding hydrogens is 246 g/mol. The van der Waals surface area contributed by atoms with E-state index >= 15 is 0 Å². The average Bonchev–Trinajstić information content (AvgIpc) is 2.72. The number of esters is 1. The van der Waals surface area contributed by atoms with Crippen LogP contribution in [0.1, 0.15) is 12.5 Å². The molecule has 1 aliphatic heterocycles. The van der Waals surface area contributed by atoms with Crippen LogP contribution in [0.4, 0.5) is 0 Å². The molecule has 1 saturated heterocycles. The Morgan fingerprint density at radius 1 is 1.42 bits per heavy atom. The van der Waals surface area contributed by atoms with Gasteiger partial charge < -0.3 is 19.9 Å².